The smallest absolute Gasteiger partial charge is 0.405 e. The highest BCUT2D eigenvalue weighted by Crippen LogP contribution is 2.41. The number of thiazole rings is 1. The maximum atomic E-state index is 14.2. The molecule has 0 aliphatic heterocycles. The molecule has 1 aliphatic rings. The molecule has 40 heavy (non-hydrogen) atoms. The van der Waals surface area contributed by atoms with Crippen molar-refractivity contribution in [3.05, 3.63) is 64.2 Å². The van der Waals surface area contributed by atoms with Crippen LogP contribution in [0.1, 0.15) is 67.1 Å². The first-order chi connectivity index (χ1) is 18.9. The average Bonchev–Trinajstić information content (AvgIpc) is 3.60. The van der Waals surface area contributed by atoms with Gasteiger partial charge in [0.15, 0.2) is 11.5 Å². The van der Waals surface area contributed by atoms with E-state index in [0.717, 1.165) is 25.0 Å². The highest BCUT2D eigenvalue weighted by Gasteiger charge is 2.31. The summed E-state index contributed by atoms with van der Waals surface area (Å²) in [7, 11) is 1.56. The summed E-state index contributed by atoms with van der Waals surface area (Å²) in [6.07, 6.45) is 0.795. The fourth-order valence-corrected chi connectivity index (χ4v) is 5.15. The van der Waals surface area contributed by atoms with Crippen molar-refractivity contribution in [3.8, 4) is 22.1 Å². The van der Waals surface area contributed by atoms with Gasteiger partial charge in [-0.1, -0.05) is 26.8 Å². The van der Waals surface area contributed by atoms with E-state index in [4.69, 9.17) is 19.9 Å². The van der Waals surface area contributed by atoms with Gasteiger partial charge in [-0.25, -0.2) is 18.6 Å². The average molecular weight is 574 g/mol. The van der Waals surface area contributed by atoms with E-state index in [0.29, 0.717) is 45.9 Å². The fourth-order valence-electron chi connectivity index (χ4n) is 4.06. The highest BCUT2D eigenvalue weighted by atomic mass is 32.1. The lowest BCUT2D eigenvalue weighted by molar-refractivity contribution is 0.0781. The van der Waals surface area contributed by atoms with Gasteiger partial charge < -0.3 is 25.3 Å². The fraction of sp³-hybridized carbons (Fsp3) is 0.414. The Morgan fingerprint density at radius 3 is 2.52 bits per heavy atom. The molecular weight excluding hydrogens is 540 g/mol. The first-order valence-electron chi connectivity index (χ1n) is 12.9. The predicted octanol–water partition coefficient (Wildman–Crippen LogP) is 6.39. The molecule has 1 saturated carbocycles. The summed E-state index contributed by atoms with van der Waals surface area (Å²) in [5.41, 5.74) is 5.91. The summed E-state index contributed by atoms with van der Waals surface area (Å²) >= 11 is 1.19. The molecule has 0 bridgehead atoms. The van der Waals surface area contributed by atoms with Crippen LogP contribution in [-0.2, 0) is 11.3 Å². The van der Waals surface area contributed by atoms with Crippen LogP contribution in [0.25, 0.3) is 10.6 Å². The minimum atomic E-state index is -0.982. The number of hydrogen-bond donors (Lipinski definition) is 2. The molecule has 1 atom stereocenters. The van der Waals surface area contributed by atoms with Crippen LogP contribution in [0.4, 0.5) is 13.6 Å². The van der Waals surface area contributed by atoms with Crippen molar-refractivity contribution in [2.24, 2.45) is 17.1 Å². The third kappa shape index (κ3) is 7.68. The van der Waals surface area contributed by atoms with Gasteiger partial charge in [0.1, 0.15) is 28.4 Å². The molecule has 8 nitrogen and oxygen atoms in total. The van der Waals surface area contributed by atoms with Gasteiger partial charge in [0, 0.05) is 23.7 Å². The zero-order valence-corrected chi connectivity index (χ0v) is 23.7. The number of hydrogen-bond acceptors (Lipinski definition) is 7. The van der Waals surface area contributed by atoms with Crippen molar-refractivity contribution in [2.75, 3.05) is 13.7 Å². The van der Waals surface area contributed by atoms with Gasteiger partial charge in [-0.3, -0.25) is 4.79 Å². The number of aromatic nitrogens is 1. The number of nitrogens with two attached hydrogens (primary N) is 1. The van der Waals surface area contributed by atoms with E-state index in [1.165, 1.54) is 17.4 Å². The van der Waals surface area contributed by atoms with Crippen LogP contribution in [-0.4, -0.2) is 30.7 Å². The Kier molecular flexibility index (Phi) is 8.92. The van der Waals surface area contributed by atoms with E-state index in [9.17, 15) is 18.4 Å². The summed E-state index contributed by atoms with van der Waals surface area (Å²) in [6, 6.07) is 8.49. The molecular formula is C29H33F2N3O5S. The Bertz CT molecular complexity index is 1380. The summed E-state index contributed by atoms with van der Waals surface area (Å²) in [5.74, 6) is -0.437. The van der Waals surface area contributed by atoms with Gasteiger partial charge in [-0.05, 0) is 54.9 Å². The molecule has 2 aromatic carbocycles. The number of ether oxygens (including phenoxy) is 3. The largest absolute Gasteiger partial charge is 0.493 e. The zero-order valence-electron chi connectivity index (χ0n) is 22.9. The van der Waals surface area contributed by atoms with Crippen molar-refractivity contribution < 1.29 is 32.6 Å². The van der Waals surface area contributed by atoms with Gasteiger partial charge >= 0.3 is 6.09 Å². The van der Waals surface area contributed by atoms with Crippen LogP contribution in [0.5, 0.6) is 11.5 Å². The molecule has 1 aliphatic carbocycles. The number of methoxy groups -OCH3 is 1. The third-order valence-corrected chi connectivity index (χ3v) is 7.45. The number of nitrogens with one attached hydrogen (secondary N) is 1. The Balaban J connectivity index is 1.70. The maximum Gasteiger partial charge on any atom is 0.405 e. The van der Waals surface area contributed by atoms with Crippen molar-refractivity contribution in [1.29, 1.82) is 0 Å². The summed E-state index contributed by atoms with van der Waals surface area (Å²) in [4.78, 5) is 30.2. The second-order valence-electron chi connectivity index (χ2n) is 11.0. The van der Waals surface area contributed by atoms with Crippen LogP contribution < -0.4 is 20.5 Å². The monoisotopic (exact) mass is 573 g/mol. The van der Waals surface area contributed by atoms with Gasteiger partial charge in [0.2, 0.25) is 0 Å². The van der Waals surface area contributed by atoms with Crippen molar-refractivity contribution >= 4 is 23.3 Å². The predicted molar refractivity (Wildman–Crippen MR) is 147 cm³/mol. The minimum absolute atomic E-state index is 0.0225. The van der Waals surface area contributed by atoms with Crippen molar-refractivity contribution in [1.82, 2.24) is 10.3 Å². The molecule has 0 unspecified atom stereocenters. The lowest BCUT2D eigenvalue weighted by Crippen LogP contribution is -2.27. The van der Waals surface area contributed by atoms with Crippen LogP contribution in [0.3, 0.4) is 0 Å². The van der Waals surface area contributed by atoms with Crippen LogP contribution in [0, 0.1) is 23.0 Å². The SMILES string of the molecule is COc1ccc(-c2nc(C(=O)NCc3ccc(F)cc3F)c([C@H](CC(C)(C)C)OC(N)=O)s2)cc1OCC1CC1. The first kappa shape index (κ1) is 29.3. The highest BCUT2D eigenvalue weighted by molar-refractivity contribution is 7.15. The molecule has 0 saturated heterocycles. The number of carbonyl (C=O) groups is 2. The van der Waals surface area contributed by atoms with E-state index in [1.807, 2.05) is 20.8 Å². The zero-order chi connectivity index (χ0) is 29.0. The second-order valence-corrected chi connectivity index (χ2v) is 12.0. The van der Waals surface area contributed by atoms with E-state index in [1.54, 1.807) is 25.3 Å². The minimum Gasteiger partial charge on any atom is -0.493 e. The van der Waals surface area contributed by atoms with Gasteiger partial charge in [0.05, 0.1) is 18.6 Å². The Morgan fingerprint density at radius 2 is 1.90 bits per heavy atom. The summed E-state index contributed by atoms with van der Waals surface area (Å²) in [5, 5.41) is 3.13. The molecule has 4 rings (SSSR count). The Morgan fingerprint density at radius 1 is 1.15 bits per heavy atom. The number of primary amides is 1. The molecule has 214 valence electrons. The number of rotatable bonds is 11. The molecule has 1 aromatic heterocycles. The van der Waals surface area contributed by atoms with Crippen LogP contribution in [0.2, 0.25) is 0 Å². The van der Waals surface area contributed by atoms with Gasteiger partial charge in [-0.15, -0.1) is 11.3 Å². The topological polar surface area (TPSA) is 113 Å². The van der Waals surface area contributed by atoms with E-state index in [2.05, 4.69) is 10.3 Å². The van der Waals surface area contributed by atoms with Crippen LogP contribution >= 0.6 is 11.3 Å². The standard InChI is InChI=1S/C29H33F2N3O5S/c1-29(2,3)13-23(39-28(32)36)25-24(26(35)33-14-18-7-9-19(30)12-20(18)31)34-27(40-25)17-8-10-21(37-4)22(11-17)38-15-16-5-6-16/h7-12,16,23H,5-6,13-15H2,1-4H3,(H2,32,36)(H,33,35)/t23-/m0/s1. The summed E-state index contributed by atoms with van der Waals surface area (Å²) < 4.78 is 44.4. The van der Waals surface area contributed by atoms with Gasteiger partial charge in [-0.2, -0.15) is 0 Å². The normalized spacial score (nSPS) is 13.9. The number of halogens is 2. The molecule has 3 aromatic rings. The van der Waals surface area contributed by atoms with Crippen molar-refractivity contribution in [2.45, 2.75) is 52.7 Å². The van der Waals surface area contributed by atoms with Crippen molar-refractivity contribution in [3.63, 3.8) is 0 Å². The van der Waals surface area contributed by atoms with E-state index >= 15 is 0 Å². The number of amides is 2. The van der Waals surface area contributed by atoms with Gasteiger partial charge in [0.25, 0.3) is 5.91 Å². The molecule has 3 N–H and O–H groups in total. The molecule has 11 heteroatoms. The number of nitrogens with zero attached hydrogens (tertiary/aromatic N) is 1. The van der Waals surface area contributed by atoms with E-state index in [-0.39, 0.29) is 23.2 Å². The van der Waals surface area contributed by atoms with E-state index < -0.39 is 29.7 Å². The summed E-state index contributed by atoms with van der Waals surface area (Å²) in [6.45, 7) is 6.29. The lowest BCUT2D eigenvalue weighted by Gasteiger charge is -2.25. The molecule has 0 radical (unpaired) electrons. The molecule has 1 heterocycles. The maximum absolute atomic E-state index is 14.2. The van der Waals surface area contributed by atoms with Crippen LogP contribution in [0.15, 0.2) is 36.4 Å². The number of benzene rings is 2. The molecule has 0 spiro atoms. The third-order valence-electron chi connectivity index (χ3n) is 6.25. The second kappa shape index (κ2) is 12.2. The quantitative estimate of drug-likeness (QED) is 0.275. The first-order valence-corrected chi connectivity index (χ1v) is 13.8. The molecule has 2 amide bonds. The lowest BCUT2D eigenvalue weighted by atomic mass is 9.88. The molecule has 1 fully saturated rings. The number of carbonyl (C=O) groups excluding carboxylic acids is 2. The Hall–Kier alpha value is -3.73. The Labute approximate surface area is 235 Å².